The Hall–Kier alpha value is -3.21. The lowest BCUT2D eigenvalue weighted by Gasteiger charge is -2.28. The van der Waals surface area contributed by atoms with Crippen molar-refractivity contribution >= 4 is 11.7 Å². The van der Waals surface area contributed by atoms with Gasteiger partial charge in [-0.05, 0) is 19.2 Å². The van der Waals surface area contributed by atoms with E-state index in [4.69, 9.17) is 15.1 Å². The second-order valence-electron chi connectivity index (χ2n) is 9.29. The fraction of sp³-hybridized carbons (Fsp3) is 0.522. The zero-order valence-corrected chi connectivity index (χ0v) is 19.5. The number of aromatic nitrogens is 2. The molecule has 1 fully saturated rings. The van der Waals surface area contributed by atoms with Gasteiger partial charge < -0.3 is 20.3 Å². The van der Waals surface area contributed by atoms with Crippen molar-refractivity contribution in [2.45, 2.75) is 38.3 Å². The molecule has 1 aromatic heterocycles. The van der Waals surface area contributed by atoms with Gasteiger partial charge in [0.15, 0.2) is 5.82 Å². The number of halogens is 4. The van der Waals surface area contributed by atoms with Crippen LogP contribution in [0.1, 0.15) is 28.6 Å². The number of carbonyl (C=O) groups is 1. The Kier molecular flexibility index (Phi) is 6.59. The van der Waals surface area contributed by atoms with Crippen molar-refractivity contribution in [3.63, 3.8) is 0 Å². The lowest BCUT2D eigenvalue weighted by atomic mass is 10.0. The van der Waals surface area contributed by atoms with Crippen LogP contribution in [0.2, 0.25) is 0 Å². The van der Waals surface area contributed by atoms with Crippen molar-refractivity contribution in [3.8, 4) is 6.07 Å². The Bertz CT molecular complexity index is 1210. The number of nitrogens with zero attached hydrogens (tertiary/aromatic N) is 5. The minimum absolute atomic E-state index is 0.0224. The van der Waals surface area contributed by atoms with E-state index < -0.39 is 29.7 Å². The number of nitriles is 1. The molecule has 36 heavy (non-hydrogen) atoms. The molecule has 9 nitrogen and oxygen atoms in total. The van der Waals surface area contributed by atoms with Crippen LogP contribution in [0.3, 0.4) is 0 Å². The number of ether oxygens (including phenoxy) is 1. The van der Waals surface area contributed by atoms with E-state index in [0.29, 0.717) is 32.6 Å². The lowest BCUT2D eigenvalue weighted by Crippen LogP contribution is -2.40. The van der Waals surface area contributed by atoms with E-state index in [9.17, 15) is 22.4 Å². The maximum absolute atomic E-state index is 14.4. The first-order chi connectivity index (χ1) is 17.3. The van der Waals surface area contributed by atoms with E-state index in [1.54, 1.807) is 0 Å². The van der Waals surface area contributed by atoms with E-state index in [0.717, 1.165) is 29.1 Å². The van der Waals surface area contributed by atoms with Gasteiger partial charge in [0.05, 0.1) is 30.2 Å². The summed E-state index contributed by atoms with van der Waals surface area (Å²) in [6.45, 7) is 1.74. The summed E-state index contributed by atoms with van der Waals surface area (Å²) in [5, 5.41) is 19.0. The van der Waals surface area contributed by atoms with Crippen LogP contribution in [0.4, 0.5) is 28.0 Å². The molecule has 4 heterocycles. The fourth-order valence-electron chi connectivity index (χ4n) is 5.00. The molecule has 3 atom stereocenters. The third-order valence-electron chi connectivity index (χ3n) is 6.76. The number of hydrogen-bond acceptors (Lipinski definition) is 6. The SMILES string of the molecule is CN1C[C@@H](CNCC(F)F)Cn2nc3c(c2C2OC21)CN(C(=O)Nc1ccc(F)c(C#N)c1F)CC3. The quantitative estimate of drug-likeness (QED) is 0.476. The van der Waals surface area contributed by atoms with Crippen LogP contribution in [0.15, 0.2) is 12.1 Å². The van der Waals surface area contributed by atoms with Crippen molar-refractivity contribution in [2.24, 2.45) is 5.92 Å². The number of rotatable bonds is 5. The molecule has 3 aliphatic heterocycles. The first-order valence-electron chi connectivity index (χ1n) is 11.6. The number of urea groups is 1. The number of amides is 2. The average Bonchev–Trinajstić information content (AvgIpc) is 3.53. The Labute approximate surface area is 204 Å². The molecule has 0 aliphatic carbocycles. The second kappa shape index (κ2) is 9.68. The number of likely N-dealkylation sites (N-methyl/N-ethyl adjacent to an activating group) is 1. The van der Waals surface area contributed by atoms with Crippen molar-refractivity contribution in [3.05, 3.63) is 46.3 Å². The number of nitrogens with one attached hydrogen (secondary N) is 2. The molecule has 2 amide bonds. The highest BCUT2D eigenvalue weighted by atomic mass is 19.3. The molecule has 192 valence electrons. The van der Waals surface area contributed by atoms with Gasteiger partial charge in [-0.2, -0.15) is 10.4 Å². The Morgan fingerprint density at radius 2 is 2.14 bits per heavy atom. The Morgan fingerprint density at radius 1 is 1.33 bits per heavy atom. The molecule has 5 rings (SSSR count). The summed E-state index contributed by atoms with van der Waals surface area (Å²) in [4.78, 5) is 16.5. The zero-order chi connectivity index (χ0) is 25.6. The average molecular weight is 507 g/mol. The predicted octanol–water partition coefficient (Wildman–Crippen LogP) is 2.44. The van der Waals surface area contributed by atoms with Crippen molar-refractivity contribution in [1.29, 1.82) is 5.26 Å². The van der Waals surface area contributed by atoms with Gasteiger partial charge in [-0.15, -0.1) is 0 Å². The third kappa shape index (κ3) is 4.63. The second-order valence-corrected chi connectivity index (χ2v) is 9.29. The largest absolute Gasteiger partial charge is 0.346 e. The molecule has 0 bridgehead atoms. The van der Waals surface area contributed by atoms with Crippen LogP contribution in [-0.4, -0.2) is 71.5 Å². The maximum atomic E-state index is 14.4. The normalized spacial score (nSPS) is 23.2. The molecular formula is C23H25F4N7O2. The third-order valence-corrected chi connectivity index (χ3v) is 6.76. The van der Waals surface area contributed by atoms with Crippen LogP contribution in [0.25, 0.3) is 0 Å². The summed E-state index contributed by atoms with van der Waals surface area (Å²) in [7, 11) is 1.93. The van der Waals surface area contributed by atoms with Gasteiger partial charge in [0.25, 0.3) is 6.43 Å². The smallest absolute Gasteiger partial charge is 0.322 e. The van der Waals surface area contributed by atoms with Crippen LogP contribution in [0.5, 0.6) is 0 Å². The summed E-state index contributed by atoms with van der Waals surface area (Å²) in [6, 6.07) is 2.89. The first-order valence-corrected chi connectivity index (χ1v) is 11.6. The molecule has 2 N–H and O–H groups in total. The van der Waals surface area contributed by atoms with Crippen molar-refractivity contribution in [1.82, 2.24) is 24.9 Å². The zero-order valence-electron chi connectivity index (χ0n) is 19.5. The van der Waals surface area contributed by atoms with Gasteiger partial charge in [-0.25, -0.2) is 22.4 Å². The molecule has 2 aromatic rings. The van der Waals surface area contributed by atoms with Gasteiger partial charge in [0.1, 0.15) is 29.8 Å². The monoisotopic (exact) mass is 507 g/mol. The number of carbonyl (C=O) groups excluding carboxylic acids is 1. The van der Waals surface area contributed by atoms with E-state index in [1.807, 2.05) is 11.7 Å². The first kappa shape index (κ1) is 24.5. The molecule has 13 heteroatoms. The van der Waals surface area contributed by atoms with E-state index in [1.165, 1.54) is 11.0 Å². The molecule has 3 aliphatic rings. The van der Waals surface area contributed by atoms with Gasteiger partial charge in [0, 0.05) is 44.1 Å². The highest BCUT2D eigenvalue weighted by Crippen LogP contribution is 2.45. The standard InChI is InChI=1S/C23H25F4N7O2/c1-32-9-12(7-29-8-18(25)26)10-34-20(21-22(32)36-21)14-11-33(5-4-16(14)31-34)23(35)30-17-3-2-15(24)13(6-28)19(17)27/h2-3,12,18,21-22,29H,4-5,7-11H2,1H3,(H,30,35)/t12-,21?,22?/m1/s1. The maximum Gasteiger partial charge on any atom is 0.322 e. The fourth-order valence-corrected chi connectivity index (χ4v) is 5.00. The minimum Gasteiger partial charge on any atom is -0.346 e. The van der Waals surface area contributed by atoms with Crippen LogP contribution < -0.4 is 10.6 Å². The Morgan fingerprint density at radius 3 is 2.89 bits per heavy atom. The van der Waals surface area contributed by atoms with Gasteiger partial charge in [0.2, 0.25) is 0 Å². The molecular weight excluding hydrogens is 482 g/mol. The van der Waals surface area contributed by atoms with Gasteiger partial charge in [-0.1, -0.05) is 0 Å². The summed E-state index contributed by atoms with van der Waals surface area (Å²) in [5.41, 5.74) is 1.52. The van der Waals surface area contributed by atoms with Gasteiger partial charge in [-0.3, -0.25) is 9.58 Å². The van der Waals surface area contributed by atoms with Crippen molar-refractivity contribution < 1.29 is 27.1 Å². The highest BCUT2D eigenvalue weighted by molar-refractivity contribution is 5.90. The van der Waals surface area contributed by atoms with E-state index >= 15 is 0 Å². The summed E-state index contributed by atoms with van der Waals surface area (Å²) >= 11 is 0. The van der Waals surface area contributed by atoms with Gasteiger partial charge >= 0.3 is 6.03 Å². The molecule has 0 spiro atoms. The number of fused-ring (bicyclic) bond motifs is 5. The number of benzene rings is 1. The van der Waals surface area contributed by atoms with E-state index in [-0.39, 0.29) is 37.0 Å². The number of hydrogen-bond donors (Lipinski definition) is 2. The Balaban J connectivity index is 1.34. The summed E-state index contributed by atoms with van der Waals surface area (Å²) in [5.74, 6) is -2.10. The number of anilines is 1. The minimum atomic E-state index is -2.42. The van der Waals surface area contributed by atoms with Crippen LogP contribution in [-0.2, 0) is 24.2 Å². The molecule has 0 saturated carbocycles. The summed E-state index contributed by atoms with van der Waals surface area (Å²) < 4.78 is 61.1. The molecule has 2 unspecified atom stereocenters. The molecule has 1 saturated heterocycles. The summed E-state index contributed by atoms with van der Waals surface area (Å²) in [6.07, 6.45) is -2.33. The topological polar surface area (TPSA) is 102 Å². The van der Waals surface area contributed by atoms with E-state index in [2.05, 4.69) is 15.5 Å². The highest BCUT2D eigenvalue weighted by Gasteiger charge is 2.49. The number of epoxide rings is 1. The number of alkyl halides is 2. The lowest BCUT2D eigenvalue weighted by molar-refractivity contribution is 0.137. The predicted molar refractivity (Wildman–Crippen MR) is 119 cm³/mol. The van der Waals surface area contributed by atoms with Crippen LogP contribution in [0, 0.1) is 28.9 Å². The van der Waals surface area contributed by atoms with Crippen LogP contribution >= 0.6 is 0 Å². The molecule has 0 radical (unpaired) electrons. The van der Waals surface area contributed by atoms with Crippen molar-refractivity contribution in [2.75, 3.05) is 38.5 Å². The molecule has 1 aromatic carbocycles.